The Morgan fingerprint density at radius 3 is 2.80 bits per heavy atom. The molecule has 1 aromatic rings. The molecule has 1 saturated heterocycles. The molecule has 1 aliphatic rings. The van der Waals surface area contributed by atoms with Crippen molar-refractivity contribution in [2.24, 2.45) is 0 Å². The molecule has 20 heavy (non-hydrogen) atoms. The fourth-order valence-electron chi connectivity index (χ4n) is 2.23. The lowest BCUT2D eigenvalue weighted by Gasteiger charge is -2.21. The Morgan fingerprint density at radius 2 is 2.15 bits per heavy atom. The lowest BCUT2D eigenvalue weighted by Crippen LogP contribution is -2.27. The molecular weight excluding hydrogens is 276 g/mol. The van der Waals surface area contributed by atoms with Crippen molar-refractivity contribution < 1.29 is 9.53 Å². The number of nitrogens with two attached hydrogens (primary N) is 1. The second kappa shape index (κ2) is 6.32. The van der Waals surface area contributed by atoms with Gasteiger partial charge in [0.15, 0.2) is 5.75 Å². The van der Waals surface area contributed by atoms with Gasteiger partial charge in [-0.3, -0.25) is 4.79 Å². The van der Waals surface area contributed by atoms with Crippen LogP contribution in [0.4, 0.5) is 10.7 Å². The highest BCUT2D eigenvalue weighted by Crippen LogP contribution is 2.45. The van der Waals surface area contributed by atoms with Crippen LogP contribution < -0.4 is 20.7 Å². The van der Waals surface area contributed by atoms with E-state index in [1.807, 2.05) is 0 Å². The van der Waals surface area contributed by atoms with Crippen molar-refractivity contribution in [1.29, 1.82) is 0 Å². The van der Waals surface area contributed by atoms with Gasteiger partial charge in [0.25, 0.3) is 5.91 Å². The summed E-state index contributed by atoms with van der Waals surface area (Å²) in [6, 6.07) is 0. The number of carbonyl (C=O) groups is 1. The van der Waals surface area contributed by atoms with Crippen LogP contribution in [-0.2, 0) is 0 Å². The first-order valence-electron chi connectivity index (χ1n) is 6.69. The molecule has 0 aliphatic carbocycles. The molecule has 0 unspecified atom stereocenters. The number of nitrogens with zero attached hydrogens (tertiary/aromatic N) is 2. The topological polar surface area (TPSA) is 70.8 Å². The van der Waals surface area contributed by atoms with Crippen LogP contribution in [0.1, 0.15) is 16.1 Å². The SMILES string of the molecule is COc1c(N2CCCNCC2)sc(C(=O)N(C)C)c1N. The van der Waals surface area contributed by atoms with Crippen molar-refractivity contribution in [3.63, 3.8) is 0 Å². The van der Waals surface area contributed by atoms with Crippen LogP contribution in [0.15, 0.2) is 0 Å². The molecule has 2 rings (SSSR count). The third kappa shape index (κ3) is 2.83. The Hall–Kier alpha value is -1.47. The Bertz CT molecular complexity index is 479. The summed E-state index contributed by atoms with van der Waals surface area (Å²) < 4.78 is 5.43. The highest BCUT2D eigenvalue weighted by Gasteiger charge is 2.26. The number of rotatable bonds is 3. The van der Waals surface area contributed by atoms with Gasteiger partial charge in [0, 0.05) is 33.7 Å². The number of ether oxygens (including phenoxy) is 1. The summed E-state index contributed by atoms with van der Waals surface area (Å²) in [4.78, 5) is 16.5. The molecule has 1 aliphatic heterocycles. The van der Waals surface area contributed by atoms with E-state index in [0.29, 0.717) is 16.3 Å². The molecule has 6 nitrogen and oxygen atoms in total. The first-order valence-corrected chi connectivity index (χ1v) is 7.51. The number of methoxy groups -OCH3 is 1. The highest BCUT2D eigenvalue weighted by molar-refractivity contribution is 7.19. The number of nitrogen functional groups attached to an aromatic ring is 1. The average molecular weight is 298 g/mol. The number of hydrogen-bond donors (Lipinski definition) is 2. The average Bonchev–Trinajstić information content (AvgIpc) is 2.62. The third-order valence-corrected chi connectivity index (χ3v) is 4.55. The maximum Gasteiger partial charge on any atom is 0.265 e. The molecule has 0 atom stereocenters. The van der Waals surface area contributed by atoms with E-state index in [9.17, 15) is 4.79 Å². The van der Waals surface area contributed by atoms with Crippen LogP contribution in [0.3, 0.4) is 0 Å². The van der Waals surface area contributed by atoms with Gasteiger partial charge in [-0.25, -0.2) is 0 Å². The normalized spacial score (nSPS) is 15.8. The standard InChI is InChI=1S/C13H22N4O2S/c1-16(2)12(18)11-9(14)10(19-3)13(20-11)17-7-4-5-15-6-8-17/h15H,4-8,14H2,1-3H3. The summed E-state index contributed by atoms with van der Waals surface area (Å²) in [6.45, 7) is 3.78. The van der Waals surface area contributed by atoms with Crippen molar-refractivity contribution in [2.45, 2.75) is 6.42 Å². The van der Waals surface area contributed by atoms with Crippen LogP contribution in [0.2, 0.25) is 0 Å². The molecule has 0 radical (unpaired) electrons. The smallest absolute Gasteiger partial charge is 0.265 e. The van der Waals surface area contributed by atoms with E-state index in [1.165, 1.54) is 16.2 Å². The van der Waals surface area contributed by atoms with Crippen molar-refractivity contribution in [2.75, 3.05) is 58.0 Å². The van der Waals surface area contributed by atoms with Crippen LogP contribution in [0, 0.1) is 0 Å². The number of hydrogen-bond acceptors (Lipinski definition) is 6. The van der Waals surface area contributed by atoms with Gasteiger partial charge in [0.05, 0.1) is 7.11 Å². The van der Waals surface area contributed by atoms with Gasteiger partial charge >= 0.3 is 0 Å². The molecule has 0 saturated carbocycles. The second-order valence-electron chi connectivity index (χ2n) is 4.97. The zero-order valence-corrected chi connectivity index (χ0v) is 13.0. The maximum absolute atomic E-state index is 12.2. The monoisotopic (exact) mass is 298 g/mol. The summed E-state index contributed by atoms with van der Waals surface area (Å²) in [5, 5.41) is 4.32. The van der Waals surface area contributed by atoms with Crippen molar-refractivity contribution >= 4 is 27.9 Å². The summed E-state index contributed by atoms with van der Waals surface area (Å²) >= 11 is 1.42. The molecule has 1 aromatic heterocycles. The molecule has 1 fully saturated rings. The summed E-state index contributed by atoms with van der Waals surface area (Å²) in [7, 11) is 5.05. The van der Waals surface area contributed by atoms with Gasteiger partial charge in [-0.1, -0.05) is 0 Å². The molecule has 1 amide bonds. The van der Waals surface area contributed by atoms with E-state index in [1.54, 1.807) is 21.2 Å². The minimum Gasteiger partial charge on any atom is -0.492 e. The molecule has 0 spiro atoms. The first kappa shape index (κ1) is 14.9. The van der Waals surface area contributed by atoms with Crippen LogP contribution in [0.5, 0.6) is 5.75 Å². The summed E-state index contributed by atoms with van der Waals surface area (Å²) in [5.41, 5.74) is 6.54. The van der Waals surface area contributed by atoms with Gasteiger partial charge < -0.3 is 25.6 Å². The van der Waals surface area contributed by atoms with Gasteiger partial charge in [0.1, 0.15) is 15.6 Å². The molecular formula is C13H22N4O2S. The molecule has 0 bridgehead atoms. The van der Waals surface area contributed by atoms with E-state index >= 15 is 0 Å². The number of amides is 1. The van der Waals surface area contributed by atoms with Crippen molar-refractivity contribution in [3.8, 4) is 5.75 Å². The van der Waals surface area contributed by atoms with Crippen LogP contribution >= 0.6 is 11.3 Å². The molecule has 112 valence electrons. The third-order valence-electron chi connectivity index (χ3n) is 3.31. The summed E-state index contributed by atoms with van der Waals surface area (Å²) in [6.07, 6.45) is 1.07. The predicted molar refractivity (Wildman–Crippen MR) is 83.0 cm³/mol. The minimum atomic E-state index is -0.0787. The zero-order valence-electron chi connectivity index (χ0n) is 12.2. The first-order chi connectivity index (χ1) is 9.56. The Balaban J connectivity index is 2.37. The Morgan fingerprint density at radius 1 is 1.40 bits per heavy atom. The van der Waals surface area contributed by atoms with E-state index < -0.39 is 0 Å². The van der Waals surface area contributed by atoms with Crippen molar-refractivity contribution in [1.82, 2.24) is 10.2 Å². The fourth-order valence-corrected chi connectivity index (χ4v) is 3.50. The molecule has 7 heteroatoms. The van der Waals surface area contributed by atoms with Gasteiger partial charge in [-0.05, 0) is 13.0 Å². The van der Waals surface area contributed by atoms with E-state index in [4.69, 9.17) is 10.5 Å². The Kier molecular flexibility index (Phi) is 4.72. The minimum absolute atomic E-state index is 0.0787. The summed E-state index contributed by atoms with van der Waals surface area (Å²) in [5.74, 6) is 0.548. The fraction of sp³-hybridized carbons (Fsp3) is 0.615. The second-order valence-corrected chi connectivity index (χ2v) is 5.97. The van der Waals surface area contributed by atoms with Gasteiger partial charge in [-0.15, -0.1) is 11.3 Å². The number of anilines is 2. The van der Waals surface area contributed by atoms with E-state index in [-0.39, 0.29) is 5.91 Å². The Labute approximate surface area is 123 Å². The molecule has 0 aromatic carbocycles. The van der Waals surface area contributed by atoms with Crippen molar-refractivity contribution in [3.05, 3.63) is 4.88 Å². The zero-order chi connectivity index (χ0) is 14.7. The largest absolute Gasteiger partial charge is 0.492 e. The van der Waals surface area contributed by atoms with Gasteiger partial charge in [0.2, 0.25) is 0 Å². The van der Waals surface area contributed by atoms with E-state index in [0.717, 1.165) is 37.6 Å². The van der Waals surface area contributed by atoms with Gasteiger partial charge in [-0.2, -0.15) is 0 Å². The lowest BCUT2D eigenvalue weighted by molar-refractivity contribution is 0.0833. The maximum atomic E-state index is 12.2. The number of thiophene rings is 1. The van der Waals surface area contributed by atoms with Crippen LogP contribution in [0.25, 0.3) is 0 Å². The number of nitrogens with one attached hydrogen (secondary N) is 1. The molecule has 2 heterocycles. The molecule has 3 N–H and O–H groups in total. The lowest BCUT2D eigenvalue weighted by atomic mass is 10.3. The number of carbonyl (C=O) groups excluding carboxylic acids is 1. The highest BCUT2D eigenvalue weighted by atomic mass is 32.1. The quantitative estimate of drug-likeness (QED) is 0.865. The predicted octanol–water partition coefficient (Wildman–Crippen LogP) is 0.840. The van der Waals surface area contributed by atoms with Crippen LogP contribution in [-0.4, -0.2) is 58.2 Å². The van der Waals surface area contributed by atoms with E-state index in [2.05, 4.69) is 10.2 Å².